The molecule has 0 heterocycles. The van der Waals surface area contributed by atoms with Crippen LogP contribution in [0, 0.1) is 5.41 Å². The number of hydrogen-bond donors (Lipinski definition) is 1. The molecular weight excluding hydrogens is 166 g/mol. The van der Waals surface area contributed by atoms with Crippen molar-refractivity contribution in [2.24, 2.45) is 11.1 Å². The van der Waals surface area contributed by atoms with Gasteiger partial charge in [0.05, 0.1) is 0 Å². The minimum atomic E-state index is 0.323. The summed E-state index contributed by atoms with van der Waals surface area (Å²) in [6.45, 7) is 5.13. The van der Waals surface area contributed by atoms with Crippen LogP contribution in [0.3, 0.4) is 0 Å². The summed E-state index contributed by atoms with van der Waals surface area (Å²) >= 11 is 3.37. The zero-order valence-corrected chi connectivity index (χ0v) is 7.16. The smallest absolute Gasteiger partial charge is 0.00368 e. The first-order chi connectivity index (χ1) is 3.62. The Kier molecular flexibility index (Phi) is 3.65. The van der Waals surface area contributed by atoms with Gasteiger partial charge >= 0.3 is 0 Å². The Balaban J connectivity index is 3.37. The zero-order chi connectivity index (χ0) is 6.62. The molecule has 0 saturated heterocycles. The third-order valence-corrected chi connectivity index (χ3v) is 1.72. The summed E-state index contributed by atoms with van der Waals surface area (Å²) in [4.78, 5) is 0. The van der Waals surface area contributed by atoms with Crippen LogP contribution in [0.4, 0.5) is 0 Å². The normalized spacial score (nSPS) is 12.0. The summed E-state index contributed by atoms with van der Waals surface area (Å²) in [5.41, 5.74) is 5.79. The lowest BCUT2D eigenvalue weighted by atomic mass is 9.91. The van der Waals surface area contributed by atoms with E-state index in [9.17, 15) is 0 Å². The molecule has 0 aromatic rings. The van der Waals surface area contributed by atoms with E-state index in [1.54, 1.807) is 0 Å². The summed E-state index contributed by atoms with van der Waals surface area (Å²) in [7, 11) is 0. The van der Waals surface area contributed by atoms with Gasteiger partial charge in [-0.15, -0.1) is 0 Å². The van der Waals surface area contributed by atoms with Gasteiger partial charge in [0.15, 0.2) is 0 Å². The van der Waals surface area contributed by atoms with Crippen LogP contribution in [-0.4, -0.2) is 11.9 Å². The molecule has 2 heteroatoms. The predicted octanol–water partition coefficient (Wildman–Crippen LogP) is 1.76. The summed E-state index contributed by atoms with van der Waals surface area (Å²) in [5.74, 6) is 0. The molecule has 0 saturated carbocycles. The maximum Gasteiger partial charge on any atom is 0.00368 e. The van der Waals surface area contributed by atoms with Crippen molar-refractivity contribution in [3.63, 3.8) is 0 Å². The molecule has 0 aromatic carbocycles. The molecule has 0 unspecified atom stereocenters. The van der Waals surface area contributed by atoms with Crippen molar-refractivity contribution in [2.45, 2.75) is 20.3 Å². The quantitative estimate of drug-likeness (QED) is 0.658. The van der Waals surface area contributed by atoms with Crippen LogP contribution in [0.1, 0.15) is 20.3 Å². The Hall–Kier alpha value is 0.440. The van der Waals surface area contributed by atoms with Gasteiger partial charge in [0.2, 0.25) is 0 Å². The zero-order valence-electron chi connectivity index (χ0n) is 5.58. The average molecular weight is 180 g/mol. The fourth-order valence-corrected chi connectivity index (χ4v) is 1.43. The molecule has 0 rings (SSSR count). The molecule has 0 aliphatic carbocycles. The Labute approximate surface area is 59.8 Å². The molecule has 0 bridgehead atoms. The number of halogens is 1. The third-order valence-electron chi connectivity index (χ3n) is 1.32. The highest BCUT2D eigenvalue weighted by Gasteiger charge is 2.12. The van der Waals surface area contributed by atoms with Crippen molar-refractivity contribution in [3.8, 4) is 0 Å². The van der Waals surface area contributed by atoms with Gasteiger partial charge in [0.25, 0.3) is 0 Å². The van der Waals surface area contributed by atoms with Gasteiger partial charge in [0, 0.05) is 5.33 Å². The van der Waals surface area contributed by atoms with E-state index in [1.807, 2.05) is 0 Å². The topological polar surface area (TPSA) is 26.0 Å². The SMILES string of the molecule is CC(C)(CN)CCBr. The molecule has 0 aromatic heterocycles. The van der Waals surface area contributed by atoms with Gasteiger partial charge in [0.1, 0.15) is 0 Å². The van der Waals surface area contributed by atoms with E-state index in [1.165, 1.54) is 0 Å². The van der Waals surface area contributed by atoms with Gasteiger partial charge in [-0.2, -0.15) is 0 Å². The predicted molar refractivity (Wildman–Crippen MR) is 41.2 cm³/mol. The van der Waals surface area contributed by atoms with Crippen LogP contribution in [0.25, 0.3) is 0 Å². The monoisotopic (exact) mass is 179 g/mol. The molecule has 50 valence electrons. The van der Waals surface area contributed by atoms with Gasteiger partial charge in [-0.05, 0) is 18.4 Å². The first-order valence-corrected chi connectivity index (χ1v) is 4.00. The van der Waals surface area contributed by atoms with E-state index in [-0.39, 0.29) is 0 Å². The molecule has 0 radical (unpaired) electrons. The van der Waals surface area contributed by atoms with Crippen molar-refractivity contribution in [1.82, 2.24) is 0 Å². The maximum atomic E-state index is 5.47. The minimum Gasteiger partial charge on any atom is -0.330 e. The van der Waals surface area contributed by atoms with E-state index >= 15 is 0 Å². The molecule has 2 N–H and O–H groups in total. The lowest BCUT2D eigenvalue weighted by Crippen LogP contribution is -2.23. The molecule has 0 spiro atoms. The van der Waals surface area contributed by atoms with E-state index in [0.29, 0.717) is 5.41 Å². The van der Waals surface area contributed by atoms with Crippen LogP contribution >= 0.6 is 15.9 Å². The second-order valence-electron chi connectivity index (χ2n) is 2.81. The molecule has 0 aliphatic heterocycles. The Morgan fingerprint density at radius 2 is 2.00 bits per heavy atom. The Morgan fingerprint density at radius 3 is 2.12 bits per heavy atom. The first kappa shape index (κ1) is 8.44. The summed E-state index contributed by atoms with van der Waals surface area (Å²) in [5, 5.41) is 1.05. The largest absolute Gasteiger partial charge is 0.330 e. The van der Waals surface area contributed by atoms with Crippen molar-refractivity contribution in [2.75, 3.05) is 11.9 Å². The Bertz CT molecular complexity index is 61.5. The summed E-state index contributed by atoms with van der Waals surface area (Å²) < 4.78 is 0. The average Bonchev–Trinajstić information content (AvgIpc) is 1.67. The van der Waals surface area contributed by atoms with Crippen molar-refractivity contribution < 1.29 is 0 Å². The first-order valence-electron chi connectivity index (χ1n) is 2.88. The van der Waals surface area contributed by atoms with E-state index in [2.05, 4.69) is 29.8 Å². The molecule has 8 heavy (non-hydrogen) atoms. The maximum absolute atomic E-state index is 5.47. The highest BCUT2D eigenvalue weighted by Crippen LogP contribution is 2.18. The van der Waals surface area contributed by atoms with E-state index in [4.69, 9.17) is 5.73 Å². The number of rotatable bonds is 3. The highest BCUT2D eigenvalue weighted by molar-refractivity contribution is 9.09. The van der Waals surface area contributed by atoms with Crippen LogP contribution in [-0.2, 0) is 0 Å². The summed E-state index contributed by atoms with van der Waals surface area (Å²) in [6, 6.07) is 0. The lowest BCUT2D eigenvalue weighted by Gasteiger charge is -2.19. The molecule has 0 amide bonds. The second-order valence-corrected chi connectivity index (χ2v) is 3.60. The van der Waals surface area contributed by atoms with Crippen LogP contribution < -0.4 is 5.73 Å². The molecule has 0 fully saturated rings. The van der Waals surface area contributed by atoms with Crippen LogP contribution in [0.5, 0.6) is 0 Å². The Morgan fingerprint density at radius 1 is 1.50 bits per heavy atom. The standard InChI is InChI=1S/C6H14BrN/c1-6(2,5-8)3-4-7/h3-5,8H2,1-2H3. The van der Waals surface area contributed by atoms with Crippen molar-refractivity contribution >= 4 is 15.9 Å². The fourth-order valence-electron chi connectivity index (χ4n) is 0.358. The van der Waals surface area contributed by atoms with E-state index in [0.717, 1.165) is 18.3 Å². The van der Waals surface area contributed by atoms with Gasteiger partial charge in [-0.1, -0.05) is 29.8 Å². The fraction of sp³-hybridized carbons (Fsp3) is 1.00. The van der Waals surface area contributed by atoms with Crippen LogP contribution in [0.2, 0.25) is 0 Å². The second kappa shape index (κ2) is 3.46. The third kappa shape index (κ3) is 3.44. The van der Waals surface area contributed by atoms with Crippen molar-refractivity contribution in [1.29, 1.82) is 0 Å². The lowest BCUT2D eigenvalue weighted by molar-refractivity contribution is 0.369. The van der Waals surface area contributed by atoms with Gasteiger partial charge < -0.3 is 5.73 Å². The molecule has 1 nitrogen and oxygen atoms in total. The molecular formula is C6H14BrN. The summed E-state index contributed by atoms with van der Waals surface area (Å²) in [6.07, 6.45) is 1.16. The minimum absolute atomic E-state index is 0.323. The van der Waals surface area contributed by atoms with Gasteiger partial charge in [-0.3, -0.25) is 0 Å². The molecule has 0 atom stereocenters. The number of nitrogens with two attached hydrogens (primary N) is 1. The number of alkyl halides is 1. The van der Waals surface area contributed by atoms with Crippen molar-refractivity contribution in [3.05, 3.63) is 0 Å². The van der Waals surface area contributed by atoms with E-state index < -0.39 is 0 Å². The van der Waals surface area contributed by atoms with Gasteiger partial charge in [-0.25, -0.2) is 0 Å². The van der Waals surface area contributed by atoms with Crippen LogP contribution in [0.15, 0.2) is 0 Å². The highest BCUT2D eigenvalue weighted by atomic mass is 79.9. The number of hydrogen-bond acceptors (Lipinski definition) is 1. The molecule has 0 aliphatic rings.